The van der Waals surface area contributed by atoms with E-state index in [0.717, 1.165) is 15.7 Å². The van der Waals surface area contributed by atoms with Crippen molar-refractivity contribution in [1.82, 2.24) is 9.13 Å². The van der Waals surface area contributed by atoms with Gasteiger partial charge in [-0.2, -0.15) is 0 Å². The highest BCUT2D eigenvalue weighted by molar-refractivity contribution is 5.91. The number of hydrogen-bond acceptors (Lipinski definition) is 3. The van der Waals surface area contributed by atoms with Crippen LogP contribution in [0.1, 0.15) is 18.1 Å². The summed E-state index contributed by atoms with van der Waals surface area (Å²) in [5, 5.41) is 3.25. The van der Waals surface area contributed by atoms with Gasteiger partial charge in [0.05, 0.1) is 10.9 Å². The van der Waals surface area contributed by atoms with Crippen LogP contribution in [0.15, 0.2) is 52.1 Å². The number of nitrogens with zero attached hydrogens (tertiary/aromatic N) is 2. The Labute approximate surface area is 150 Å². The Balaban J connectivity index is 2.01. The summed E-state index contributed by atoms with van der Waals surface area (Å²) in [4.78, 5) is 37.6. The zero-order valence-corrected chi connectivity index (χ0v) is 15.1. The normalized spacial score (nSPS) is 10.9. The van der Waals surface area contributed by atoms with E-state index in [4.69, 9.17) is 0 Å². The Hall–Kier alpha value is -3.15. The van der Waals surface area contributed by atoms with Crippen LogP contribution in [0, 0.1) is 13.8 Å². The van der Waals surface area contributed by atoms with Crippen LogP contribution in [0.2, 0.25) is 0 Å². The largest absolute Gasteiger partial charge is 0.331 e. The van der Waals surface area contributed by atoms with Crippen molar-refractivity contribution in [2.45, 2.75) is 33.9 Å². The molecule has 0 bridgehead atoms. The lowest BCUT2D eigenvalue weighted by atomic mass is 10.1. The SMILES string of the molecule is CCn1c(=O)c2ccccc2n(CC(=O)Nc2cc(C)cc(C)c2)c1=O. The maximum Gasteiger partial charge on any atom is 0.331 e. The molecule has 2 aromatic carbocycles. The summed E-state index contributed by atoms with van der Waals surface area (Å²) < 4.78 is 2.49. The van der Waals surface area contributed by atoms with Crippen molar-refractivity contribution in [1.29, 1.82) is 0 Å². The summed E-state index contributed by atoms with van der Waals surface area (Å²) in [7, 11) is 0. The number of aryl methyl sites for hydroxylation is 2. The molecule has 1 aromatic heterocycles. The maximum absolute atomic E-state index is 12.7. The zero-order chi connectivity index (χ0) is 18.8. The Morgan fingerprint density at radius 2 is 1.65 bits per heavy atom. The van der Waals surface area contributed by atoms with Gasteiger partial charge in [-0.25, -0.2) is 4.79 Å². The molecule has 0 atom stereocenters. The van der Waals surface area contributed by atoms with Crippen LogP contribution in [-0.4, -0.2) is 15.0 Å². The van der Waals surface area contributed by atoms with Gasteiger partial charge < -0.3 is 5.32 Å². The summed E-state index contributed by atoms with van der Waals surface area (Å²) in [6, 6.07) is 12.6. The third-order valence-corrected chi connectivity index (χ3v) is 4.26. The number of carbonyl (C=O) groups excluding carboxylic acids is 1. The molecular weight excluding hydrogens is 330 g/mol. The molecule has 3 rings (SSSR count). The predicted molar refractivity (Wildman–Crippen MR) is 103 cm³/mol. The number of amides is 1. The van der Waals surface area contributed by atoms with E-state index in [1.807, 2.05) is 32.0 Å². The molecule has 0 saturated heterocycles. The second kappa shape index (κ2) is 7.00. The highest BCUT2D eigenvalue weighted by atomic mass is 16.2. The van der Waals surface area contributed by atoms with E-state index >= 15 is 0 Å². The maximum atomic E-state index is 12.7. The minimum atomic E-state index is -0.480. The molecule has 6 nitrogen and oxygen atoms in total. The highest BCUT2D eigenvalue weighted by Gasteiger charge is 2.14. The first kappa shape index (κ1) is 17.7. The molecule has 134 valence electrons. The topological polar surface area (TPSA) is 73.1 Å². The fourth-order valence-corrected chi connectivity index (χ4v) is 3.19. The number of rotatable bonds is 4. The molecule has 1 heterocycles. The van der Waals surface area contributed by atoms with Gasteiger partial charge in [-0.1, -0.05) is 18.2 Å². The second-order valence-electron chi connectivity index (χ2n) is 6.36. The van der Waals surface area contributed by atoms with Gasteiger partial charge in [0.2, 0.25) is 5.91 Å². The molecule has 0 fully saturated rings. The zero-order valence-electron chi connectivity index (χ0n) is 15.1. The summed E-state index contributed by atoms with van der Waals surface area (Å²) in [5.41, 5.74) is 2.42. The van der Waals surface area contributed by atoms with Crippen LogP contribution in [0.25, 0.3) is 10.9 Å². The van der Waals surface area contributed by atoms with Crippen LogP contribution < -0.4 is 16.6 Å². The Kier molecular flexibility index (Phi) is 4.75. The number of benzene rings is 2. The van der Waals surface area contributed by atoms with E-state index in [1.54, 1.807) is 31.2 Å². The molecule has 0 spiro atoms. The fourth-order valence-electron chi connectivity index (χ4n) is 3.19. The quantitative estimate of drug-likeness (QED) is 0.785. The lowest BCUT2D eigenvalue weighted by Gasteiger charge is -2.13. The first-order valence-corrected chi connectivity index (χ1v) is 8.51. The summed E-state index contributed by atoms with van der Waals surface area (Å²) in [6.45, 7) is 5.74. The van der Waals surface area contributed by atoms with E-state index in [0.29, 0.717) is 16.6 Å². The molecule has 0 saturated carbocycles. The van der Waals surface area contributed by atoms with E-state index in [1.165, 1.54) is 4.57 Å². The van der Waals surface area contributed by atoms with Gasteiger partial charge in [-0.15, -0.1) is 0 Å². The van der Waals surface area contributed by atoms with Gasteiger partial charge in [0.1, 0.15) is 6.54 Å². The molecule has 1 amide bonds. The van der Waals surface area contributed by atoms with Crippen molar-refractivity contribution in [2.75, 3.05) is 5.32 Å². The van der Waals surface area contributed by atoms with Crippen molar-refractivity contribution in [3.8, 4) is 0 Å². The molecule has 0 radical (unpaired) electrons. The van der Waals surface area contributed by atoms with E-state index in [9.17, 15) is 14.4 Å². The number of hydrogen-bond donors (Lipinski definition) is 1. The molecule has 0 aliphatic carbocycles. The van der Waals surface area contributed by atoms with Crippen molar-refractivity contribution >= 4 is 22.5 Å². The molecular formula is C20H21N3O3. The van der Waals surface area contributed by atoms with Crippen LogP contribution in [0.5, 0.6) is 0 Å². The number of carbonyl (C=O) groups is 1. The van der Waals surface area contributed by atoms with Crippen molar-refractivity contribution in [3.63, 3.8) is 0 Å². The van der Waals surface area contributed by atoms with Crippen LogP contribution in [-0.2, 0) is 17.9 Å². The average molecular weight is 351 g/mol. The van der Waals surface area contributed by atoms with Gasteiger partial charge in [0.25, 0.3) is 5.56 Å². The van der Waals surface area contributed by atoms with Gasteiger partial charge in [0.15, 0.2) is 0 Å². The first-order chi connectivity index (χ1) is 12.4. The predicted octanol–water partition coefficient (Wildman–Crippen LogP) is 2.44. The van der Waals surface area contributed by atoms with Gasteiger partial charge in [-0.3, -0.25) is 18.7 Å². The molecule has 0 unspecified atom stereocenters. The molecule has 1 N–H and O–H groups in total. The third kappa shape index (κ3) is 3.31. The minimum absolute atomic E-state index is 0.160. The Morgan fingerprint density at radius 3 is 2.31 bits per heavy atom. The number of fused-ring (bicyclic) bond motifs is 1. The van der Waals surface area contributed by atoms with Gasteiger partial charge >= 0.3 is 5.69 Å². The minimum Gasteiger partial charge on any atom is -0.325 e. The smallest absolute Gasteiger partial charge is 0.325 e. The molecule has 26 heavy (non-hydrogen) atoms. The molecule has 3 aromatic rings. The van der Waals surface area contributed by atoms with Crippen LogP contribution >= 0.6 is 0 Å². The van der Waals surface area contributed by atoms with Crippen molar-refractivity contribution < 1.29 is 4.79 Å². The highest BCUT2D eigenvalue weighted by Crippen LogP contribution is 2.14. The standard InChI is InChI=1S/C20H21N3O3/c1-4-22-19(25)16-7-5-6-8-17(16)23(20(22)26)12-18(24)21-15-10-13(2)9-14(3)11-15/h5-11H,4,12H2,1-3H3,(H,21,24). The van der Waals surface area contributed by atoms with Crippen molar-refractivity contribution in [3.05, 3.63) is 74.4 Å². The van der Waals surface area contributed by atoms with E-state index in [2.05, 4.69) is 5.32 Å². The second-order valence-corrected chi connectivity index (χ2v) is 6.36. The fraction of sp³-hybridized carbons (Fsp3) is 0.250. The van der Waals surface area contributed by atoms with Crippen LogP contribution in [0.3, 0.4) is 0 Å². The Morgan fingerprint density at radius 1 is 1.00 bits per heavy atom. The summed E-state index contributed by atoms with van der Waals surface area (Å²) >= 11 is 0. The molecule has 0 aliphatic rings. The summed E-state index contributed by atoms with van der Waals surface area (Å²) in [5.74, 6) is -0.316. The average Bonchev–Trinajstić information content (AvgIpc) is 2.58. The lowest BCUT2D eigenvalue weighted by molar-refractivity contribution is -0.116. The van der Waals surface area contributed by atoms with Crippen LogP contribution in [0.4, 0.5) is 5.69 Å². The molecule has 0 aliphatic heterocycles. The van der Waals surface area contributed by atoms with Gasteiger partial charge in [0, 0.05) is 12.2 Å². The Bertz CT molecular complexity index is 1090. The van der Waals surface area contributed by atoms with Gasteiger partial charge in [-0.05, 0) is 56.2 Å². The third-order valence-electron chi connectivity index (χ3n) is 4.26. The molecule has 6 heteroatoms. The number of nitrogens with one attached hydrogen (secondary N) is 1. The number of anilines is 1. The monoisotopic (exact) mass is 351 g/mol. The summed E-state index contributed by atoms with van der Waals surface area (Å²) in [6.07, 6.45) is 0. The van der Waals surface area contributed by atoms with Crippen molar-refractivity contribution in [2.24, 2.45) is 0 Å². The number of para-hydroxylation sites is 1. The van der Waals surface area contributed by atoms with E-state index < -0.39 is 5.69 Å². The number of aromatic nitrogens is 2. The van der Waals surface area contributed by atoms with E-state index in [-0.39, 0.29) is 24.6 Å². The first-order valence-electron chi connectivity index (χ1n) is 8.51. The lowest BCUT2D eigenvalue weighted by Crippen LogP contribution is -2.41.